The summed E-state index contributed by atoms with van der Waals surface area (Å²) in [5.41, 5.74) is 0.538. The van der Waals surface area contributed by atoms with Gasteiger partial charge in [0, 0.05) is 32.4 Å². The van der Waals surface area contributed by atoms with Gasteiger partial charge in [-0.05, 0) is 38.8 Å². The van der Waals surface area contributed by atoms with Gasteiger partial charge in [-0.25, -0.2) is 0 Å². The van der Waals surface area contributed by atoms with Gasteiger partial charge in [0.15, 0.2) is 0 Å². The normalized spacial score (nSPS) is 24.5. The maximum absolute atomic E-state index is 12.6. The summed E-state index contributed by atoms with van der Waals surface area (Å²) in [4.78, 5) is 14.5. The van der Waals surface area contributed by atoms with E-state index in [0.29, 0.717) is 38.1 Å². The second-order valence-corrected chi connectivity index (χ2v) is 6.41. The van der Waals surface area contributed by atoms with Crippen LogP contribution < -0.4 is 5.32 Å². The number of carbonyl (C=O) groups excluding carboxylic acids is 1. The number of hydrogen-bond donors (Lipinski definition) is 1. The Hall–Kier alpha value is -1.44. The molecule has 134 valence electrons. The maximum Gasteiger partial charge on any atom is 0.274 e. The monoisotopic (exact) mass is 336 g/mol. The van der Waals surface area contributed by atoms with E-state index in [1.54, 1.807) is 0 Å². The van der Waals surface area contributed by atoms with Gasteiger partial charge in [0.25, 0.3) is 5.91 Å². The molecule has 0 saturated carbocycles. The number of ether oxygens (including phenoxy) is 2. The number of nitrogens with one attached hydrogen (secondary N) is 1. The molecule has 2 fully saturated rings. The number of rotatable bonds is 7. The SMILES string of the molecule is CCOCCO[C@H]1CCN(C(=O)c2ccn(C3CCCNC3)n2)C1. The molecule has 2 aliphatic rings. The summed E-state index contributed by atoms with van der Waals surface area (Å²) >= 11 is 0. The van der Waals surface area contributed by atoms with Gasteiger partial charge in [0.05, 0.1) is 25.4 Å². The molecule has 24 heavy (non-hydrogen) atoms. The van der Waals surface area contributed by atoms with Crippen LogP contribution in [0.3, 0.4) is 0 Å². The molecular weight excluding hydrogens is 308 g/mol. The molecule has 0 aliphatic carbocycles. The van der Waals surface area contributed by atoms with Crippen molar-refractivity contribution < 1.29 is 14.3 Å². The zero-order valence-corrected chi connectivity index (χ0v) is 14.4. The molecule has 0 spiro atoms. The lowest BCUT2D eigenvalue weighted by molar-refractivity contribution is 0.0120. The molecule has 7 heteroatoms. The molecule has 1 aromatic rings. The molecule has 3 heterocycles. The van der Waals surface area contributed by atoms with Crippen molar-refractivity contribution >= 4 is 5.91 Å². The van der Waals surface area contributed by atoms with Crippen LogP contribution in [-0.2, 0) is 9.47 Å². The molecule has 7 nitrogen and oxygen atoms in total. The van der Waals surface area contributed by atoms with Crippen LogP contribution in [0.2, 0.25) is 0 Å². The van der Waals surface area contributed by atoms with Crippen molar-refractivity contribution in [2.24, 2.45) is 0 Å². The van der Waals surface area contributed by atoms with Crippen LogP contribution >= 0.6 is 0 Å². The van der Waals surface area contributed by atoms with E-state index in [0.717, 1.165) is 38.9 Å². The van der Waals surface area contributed by atoms with Crippen LogP contribution in [0.1, 0.15) is 42.7 Å². The first-order valence-electron chi connectivity index (χ1n) is 9.02. The number of nitrogens with zero attached hydrogens (tertiary/aromatic N) is 3. The summed E-state index contributed by atoms with van der Waals surface area (Å²) in [6, 6.07) is 2.19. The lowest BCUT2D eigenvalue weighted by Crippen LogP contribution is -2.33. The topological polar surface area (TPSA) is 68.6 Å². The smallest absolute Gasteiger partial charge is 0.274 e. The van der Waals surface area contributed by atoms with Gasteiger partial charge in [-0.3, -0.25) is 9.48 Å². The Labute approximate surface area is 143 Å². The van der Waals surface area contributed by atoms with Crippen molar-refractivity contribution in [3.63, 3.8) is 0 Å². The van der Waals surface area contributed by atoms with Crippen molar-refractivity contribution in [2.75, 3.05) is 46.0 Å². The number of amides is 1. The molecule has 1 aromatic heterocycles. The van der Waals surface area contributed by atoms with Crippen LogP contribution in [0.5, 0.6) is 0 Å². The van der Waals surface area contributed by atoms with Gasteiger partial charge in [-0.15, -0.1) is 0 Å². The number of likely N-dealkylation sites (tertiary alicyclic amines) is 1. The predicted molar refractivity (Wildman–Crippen MR) is 90.1 cm³/mol. The molecular formula is C17H28N4O3. The van der Waals surface area contributed by atoms with Crippen LogP contribution in [0, 0.1) is 0 Å². The Morgan fingerprint density at radius 3 is 3.12 bits per heavy atom. The van der Waals surface area contributed by atoms with Crippen molar-refractivity contribution in [3.8, 4) is 0 Å². The second-order valence-electron chi connectivity index (χ2n) is 6.41. The molecule has 0 bridgehead atoms. The Morgan fingerprint density at radius 2 is 2.33 bits per heavy atom. The minimum atomic E-state index is 0.00780. The summed E-state index contributed by atoms with van der Waals surface area (Å²) in [7, 11) is 0. The van der Waals surface area contributed by atoms with Gasteiger partial charge in [-0.2, -0.15) is 5.10 Å². The number of piperidine rings is 1. The minimum Gasteiger partial charge on any atom is -0.379 e. The summed E-state index contributed by atoms with van der Waals surface area (Å²) in [6.45, 7) is 7.25. The molecule has 1 amide bonds. The average Bonchev–Trinajstić information content (AvgIpc) is 3.29. The Bertz CT molecular complexity index is 528. The Morgan fingerprint density at radius 1 is 1.42 bits per heavy atom. The van der Waals surface area contributed by atoms with E-state index in [1.165, 1.54) is 0 Å². The first kappa shape index (κ1) is 17.4. The molecule has 3 rings (SSSR count). The fourth-order valence-electron chi connectivity index (χ4n) is 3.34. The Balaban J connectivity index is 1.49. The van der Waals surface area contributed by atoms with Gasteiger partial charge < -0.3 is 19.7 Å². The van der Waals surface area contributed by atoms with Crippen molar-refractivity contribution in [1.82, 2.24) is 20.0 Å². The van der Waals surface area contributed by atoms with Crippen LogP contribution in [0.4, 0.5) is 0 Å². The summed E-state index contributed by atoms with van der Waals surface area (Å²) < 4.78 is 13.0. The van der Waals surface area contributed by atoms with E-state index in [-0.39, 0.29) is 12.0 Å². The number of carbonyl (C=O) groups is 1. The standard InChI is InChI=1S/C17H28N4O3/c1-2-23-10-11-24-15-5-8-20(13-15)17(22)16-6-9-21(19-16)14-4-3-7-18-12-14/h6,9,14-15,18H,2-5,7-8,10-13H2,1H3/t14?,15-/m0/s1. The van der Waals surface area contributed by atoms with Crippen LogP contribution in [0.15, 0.2) is 12.3 Å². The van der Waals surface area contributed by atoms with Crippen molar-refractivity contribution in [1.29, 1.82) is 0 Å². The summed E-state index contributed by atoms with van der Waals surface area (Å²) in [6.07, 6.45) is 5.18. The minimum absolute atomic E-state index is 0.00780. The summed E-state index contributed by atoms with van der Waals surface area (Å²) in [5, 5.41) is 7.89. The van der Waals surface area contributed by atoms with Crippen molar-refractivity contribution in [3.05, 3.63) is 18.0 Å². The predicted octanol–water partition coefficient (Wildman–Crippen LogP) is 1.08. The van der Waals surface area contributed by atoms with Gasteiger partial charge in [0.2, 0.25) is 0 Å². The molecule has 1 unspecified atom stereocenters. The highest BCUT2D eigenvalue weighted by atomic mass is 16.5. The Kier molecular flexibility index (Phi) is 6.23. The largest absolute Gasteiger partial charge is 0.379 e. The highest BCUT2D eigenvalue weighted by Gasteiger charge is 2.29. The van der Waals surface area contributed by atoms with E-state index in [1.807, 2.05) is 28.8 Å². The van der Waals surface area contributed by atoms with Gasteiger partial charge >= 0.3 is 0 Å². The van der Waals surface area contributed by atoms with E-state index >= 15 is 0 Å². The average molecular weight is 336 g/mol. The highest BCUT2D eigenvalue weighted by Crippen LogP contribution is 2.18. The van der Waals surface area contributed by atoms with Crippen LogP contribution in [-0.4, -0.2) is 72.7 Å². The molecule has 2 aliphatic heterocycles. The molecule has 2 atom stereocenters. The number of aromatic nitrogens is 2. The third-order valence-electron chi connectivity index (χ3n) is 4.69. The fourth-order valence-corrected chi connectivity index (χ4v) is 3.34. The van der Waals surface area contributed by atoms with Crippen LogP contribution in [0.25, 0.3) is 0 Å². The molecule has 0 aromatic carbocycles. The molecule has 1 N–H and O–H groups in total. The fraction of sp³-hybridized carbons (Fsp3) is 0.765. The van der Waals surface area contributed by atoms with E-state index in [4.69, 9.17) is 9.47 Å². The molecule has 2 saturated heterocycles. The van der Waals surface area contributed by atoms with E-state index < -0.39 is 0 Å². The molecule has 0 radical (unpaired) electrons. The zero-order chi connectivity index (χ0) is 16.8. The first-order chi connectivity index (χ1) is 11.8. The summed E-state index contributed by atoms with van der Waals surface area (Å²) in [5.74, 6) is 0.00780. The second kappa shape index (κ2) is 8.60. The zero-order valence-electron chi connectivity index (χ0n) is 14.4. The van der Waals surface area contributed by atoms with Gasteiger partial charge in [0.1, 0.15) is 5.69 Å². The quantitative estimate of drug-likeness (QED) is 0.755. The van der Waals surface area contributed by atoms with Gasteiger partial charge in [-0.1, -0.05) is 0 Å². The van der Waals surface area contributed by atoms with E-state index in [2.05, 4.69) is 10.4 Å². The number of hydrogen-bond acceptors (Lipinski definition) is 5. The van der Waals surface area contributed by atoms with Crippen molar-refractivity contribution in [2.45, 2.75) is 38.3 Å². The third-order valence-corrected chi connectivity index (χ3v) is 4.69. The first-order valence-corrected chi connectivity index (χ1v) is 9.02. The maximum atomic E-state index is 12.6. The lowest BCUT2D eigenvalue weighted by atomic mass is 10.1. The highest BCUT2D eigenvalue weighted by molar-refractivity contribution is 5.92. The lowest BCUT2D eigenvalue weighted by Gasteiger charge is -2.23. The van der Waals surface area contributed by atoms with E-state index in [9.17, 15) is 4.79 Å². The third kappa shape index (κ3) is 4.34.